The Morgan fingerprint density at radius 3 is 3.00 bits per heavy atom. The fraction of sp³-hybridized carbons (Fsp3) is 0.688. The molecule has 19 heavy (non-hydrogen) atoms. The summed E-state index contributed by atoms with van der Waals surface area (Å²) in [6.07, 6.45) is 9.68. The van der Waals surface area contributed by atoms with E-state index in [9.17, 15) is 5.26 Å². The predicted octanol–water partition coefficient (Wildman–Crippen LogP) is 3.66. The van der Waals surface area contributed by atoms with Crippen LogP contribution in [-0.4, -0.2) is 12.1 Å². The summed E-state index contributed by atoms with van der Waals surface area (Å²) in [4.78, 5) is 0. The topological polar surface area (TPSA) is 49.0 Å². The average molecular weight is 260 g/mol. The number of nitrogens with zero attached hydrogens (tertiary/aromatic N) is 1. The van der Waals surface area contributed by atoms with Gasteiger partial charge in [0.1, 0.15) is 5.76 Å². The maximum atomic E-state index is 9.27. The van der Waals surface area contributed by atoms with Crippen molar-refractivity contribution in [1.29, 1.82) is 5.26 Å². The van der Waals surface area contributed by atoms with Crippen LogP contribution in [0.2, 0.25) is 0 Å². The lowest BCUT2D eigenvalue weighted by Crippen LogP contribution is -2.41. The van der Waals surface area contributed by atoms with Crippen molar-refractivity contribution in [1.82, 2.24) is 5.32 Å². The van der Waals surface area contributed by atoms with Crippen LogP contribution in [-0.2, 0) is 6.42 Å². The highest BCUT2D eigenvalue weighted by molar-refractivity contribution is 4.99. The Balaban J connectivity index is 1.79. The molecule has 0 bridgehead atoms. The van der Waals surface area contributed by atoms with Gasteiger partial charge >= 0.3 is 0 Å². The van der Waals surface area contributed by atoms with Crippen LogP contribution >= 0.6 is 0 Å². The second-order valence-corrected chi connectivity index (χ2v) is 5.67. The summed E-state index contributed by atoms with van der Waals surface area (Å²) in [5.41, 5.74) is 0. The highest BCUT2D eigenvalue weighted by atomic mass is 16.3. The van der Waals surface area contributed by atoms with Crippen molar-refractivity contribution >= 4 is 0 Å². The molecule has 3 unspecified atom stereocenters. The Morgan fingerprint density at radius 2 is 2.26 bits per heavy atom. The van der Waals surface area contributed by atoms with Gasteiger partial charge in [0.15, 0.2) is 0 Å². The fourth-order valence-electron chi connectivity index (χ4n) is 2.92. The van der Waals surface area contributed by atoms with Gasteiger partial charge in [-0.05, 0) is 38.3 Å². The molecule has 3 heteroatoms. The summed E-state index contributed by atoms with van der Waals surface area (Å²) >= 11 is 0. The van der Waals surface area contributed by atoms with E-state index in [1.165, 1.54) is 19.3 Å². The van der Waals surface area contributed by atoms with Crippen molar-refractivity contribution in [2.45, 2.75) is 64.0 Å². The van der Waals surface area contributed by atoms with Crippen LogP contribution < -0.4 is 5.32 Å². The van der Waals surface area contributed by atoms with Crippen LogP contribution in [0, 0.1) is 17.2 Å². The normalized spacial score (nSPS) is 25.5. The zero-order valence-electron chi connectivity index (χ0n) is 11.8. The molecule has 0 radical (unpaired) electrons. The predicted molar refractivity (Wildman–Crippen MR) is 75.6 cm³/mol. The smallest absolute Gasteiger partial charge is 0.103 e. The fourth-order valence-corrected chi connectivity index (χ4v) is 2.92. The van der Waals surface area contributed by atoms with Crippen molar-refractivity contribution in [3.05, 3.63) is 24.2 Å². The number of furan rings is 1. The van der Waals surface area contributed by atoms with Crippen molar-refractivity contribution in [2.24, 2.45) is 5.92 Å². The summed E-state index contributed by atoms with van der Waals surface area (Å²) < 4.78 is 5.36. The number of aryl methyl sites for hydroxylation is 1. The molecule has 1 saturated carbocycles. The first-order valence-corrected chi connectivity index (χ1v) is 7.47. The summed E-state index contributed by atoms with van der Waals surface area (Å²) in [6, 6.07) is 7.26. The summed E-state index contributed by atoms with van der Waals surface area (Å²) in [5.74, 6) is 1.24. The maximum absolute atomic E-state index is 9.27. The molecule has 0 saturated heterocycles. The largest absolute Gasteiger partial charge is 0.469 e. The van der Waals surface area contributed by atoms with Crippen LogP contribution in [0.3, 0.4) is 0 Å². The Kier molecular flexibility index (Phi) is 5.47. The van der Waals surface area contributed by atoms with Gasteiger partial charge in [0.05, 0.1) is 18.3 Å². The van der Waals surface area contributed by atoms with Gasteiger partial charge in [-0.2, -0.15) is 5.26 Å². The van der Waals surface area contributed by atoms with Crippen molar-refractivity contribution < 1.29 is 4.42 Å². The van der Waals surface area contributed by atoms with Gasteiger partial charge in [0.25, 0.3) is 0 Å². The minimum absolute atomic E-state index is 0.188. The molecule has 1 aliphatic rings. The second-order valence-electron chi connectivity index (χ2n) is 5.67. The van der Waals surface area contributed by atoms with Crippen LogP contribution in [0.5, 0.6) is 0 Å². The molecule has 0 spiro atoms. The van der Waals surface area contributed by atoms with E-state index < -0.39 is 0 Å². The summed E-state index contributed by atoms with van der Waals surface area (Å²) in [7, 11) is 0. The lowest BCUT2D eigenvalue weighted by molar-refractivity contribution is 0.344. The van der Waals surface area contributed by atoms with Crippen LogP contribution in [0.4, 0.5) is 0 Å². The Morgan fingerprint density at radius 1 is 1.42 bits per heavy atom. The molecule has 1 aromatic rings. The Labute approximate surface area is 116 Å². The number of nitrogens with one attached hydrogen (secondary N) is 1. The second kappa shape index (κ2) is 7.35. The molecule has 1 N–H and O–H groups in total. The highest BCUT2D eigenvalue weighted by Gasteiger charge is 2.24. The van der Waals surface area contributed by atoms with E-state index in [1.54, 1.807) is 6.26 Å². The van der Waals surface area contributed by atoms with Gasteiger partial charge in [0.2, 0.25) is 0 Å². The van der Waals surface area contributed by atoms with E-state index in [2.05, 4.69) is 18.3 Å². The number of rotatable bonds is 5. The Hall–Kier alpha value is -1.27. The van der Waals surface area contributed by atoms with Gasteiger partial charge in [-0.1, -0.05) is 19.3 Å². The third-order valence-electron chi connectivity index (χ3n) is 4.08. The lowest BCUT2D eigenvalue weighted by atomic mass is 9.95. The minimum atomic E-state index is 0.188. The van der Waals surface area contributed by atoms with Crippen LogP contribution in [0.25, 0.3) is 0 Å². The molecule has 0 aromatic carbocycles. The van der Waals surface area contributed by atoms with Crippen molar-refractivity contribution in [3.8, 4) is 6.07 Å². The summed E-state index contributed by atoms with van der Waals surface area (Å²) in [5, 5.41) is 12.9. The molecule has 2 rings (SSSR count). The van der Waals surface area contributed by atoms with E-state index >= 15 is 0 Å². The van der Waals surface area contributed by atoms with Gasteiger partial charge < -0.3 is 9.73 Å². The zero-order chi connectivity index (χ0) is 13.5. The third-order valence-corrected chi connectivity index (χ3v) is 4.08. The standard InChI is InChI=1S/C16H24N2O/c1-13(9-10-15-7-5-11-19-15)18-16-8-4-2-3-6-14(16)12-17/h5,7,11,13-14,16,18H,2-4,6,8-10H2,1H3. The van der Waals surface area contributed by atoms with Gasteiger partial charge in [-0.3, -0.25) is 0 Å². The number of hydrogen-bond donors (Lipinski definition) is 1. The van der Waals surface area contributed by atoms with Crippen LogP contribution in [0.15, 0.2) is 22.8 Å². The number of nitriles is 1. The van der Waals surface area contributed by atoms with Crippen LogP contribution in [0.1, 0.15) is 51.2 Å². The Bertz CT molecular complexity index is 393. The third kappa shape index (κ3) is 4.40. The number of hydrogen-bond acceptors (Lipinski definition) is 3. The molecule has 0 amide bonds. The van der Waals surface area contributed by atoms with Crippen molar-refractivity contribution in [3.63, 3.8) is 0 Å². The first kappa shape index (κ1) is 14.1. The molecule has 0 aliphatic heterocycles. The zero-order valence-corrected chi connectivity index (χ0v) is 11.8. The first-order chi connectivity index (χ1) is 9.29. The SMILES string of the molecule is CC(CCc1ccco1)NC1CCCCCC1C#N. The molecule has 1 heterocycles. The van der Waals surface area contributed by atoms with Gasteiger partial charge in [-0.25, -0.2) is 0 Å². The van der Waals surface area contributed by atoms with E-state index in [4.69, 9.17) is 4.42 Å². The molecular formula is C16H24N2O. The minimum Gasteiger partial charge on any atom is -0.469 e. The quantitative estimate of drug-likeness (QED) is 0.822. The molecule has 1 aromatic heterocycles. The van der Waals surface area contributed by atoms with Gasteiger partial charge in [0, 0.05) is 18.5 Å². The molecule has 1 aliphatic carbocycles. The molecule has 104 valence electrons. The van der Waals surface area contributed by atoms with E-state index in [1.807, 2.05) is 12.1 Å². The summed E-state index contributed by atoms with van der Waals surface area (Å²) in [6.45, 7) is 2.21. The monoisotopic (exact) mass is 260 g/mol. The van der Waals surface area contributed by atoms with Gasteiger partial charge in [-0.15, -0.1) is 0 Å². The van der Waals surface area contributed by atoms with E-state index in [0.29, 0.717) is 12.1 Å². The highest BCUT2D eigenvalue weighted by Crippen LogP contribution is 2.23. The first-order valence-electron chi connectivity index (χ1n) is 7.47. The lowest BCUT2D eigenvalue weighted by Gasteiger charge is -2.25. The molecule has 3 nitrogen and oxygen atoms in total. The molecular weight excluding hydrogens is 236 g/mol. The molecule has 1 fully saturated rings. The molecule has 3 atom stereocenters. The van der Waals surface area contributed by atoms with E-state index in [-0.39, 0.29) is 5.92 Å². The van der Waals surface area contributed by atoms with E-state index in [0.717, 1.165) is 31.4 Å². The maximum Gasteiger partial charge on any atom is 0.103 e. The van der Waals surface area contributed by atoms with Crippen molar-refractivity contribution in [2.75, 3.05) is 0 Å². The average Bonchev–Trinajstić information content (AvgIpc) is 2.83.